The molecule has 104 valence electrons. The van der Waals surface area contributed by atoms with E-state index in [-0.39, 0.29) is 5.91 Å². The van der Waals surface area contributed by atoms with Crippen LogP contribution in [0.4, 0.5) is 5.82 Å². The highest BCUT2D eigenvalue weighted by atomic mass is 16.2. The molecule has 0 aliphatic carbocycles. The first-order chi connectivity index (χ1) is 9.69. The van der Waals surface area contributed by atoms with Crippen LogP contribution in [0.25, 0.3) is 10.9 Å². The van der Waals surface area contributed by atoms with E-state index in [0.29, 0.717) is 13.1 Å². The number of hydrogen-bond acceptors (Lipinski definition) is 4. The van der Waals surface area contributed by atoms with E-state index in [4.69, 9.17) is 5.73 Å². The lowest BCUT2D eigenvalue weighted by molar-refractivity contribution is -0.129. The molecule has 5 nitrogen and oxygen atoms in total. The van der Waals surface area contributed by atoms with Crippen LogP contribution in [0, 0.1) is 0 Å². The summed E-state index contributed by atoms with van der Waals surface area (Å²) in [6.07, 6.45) is 0. The van der Waals surface area contributed by atoms with Gasteiger partial charge in [0.15, 0.2) is 0 Å². The number of likely N-dealkylation sites (N-methyl/N-ethyl adjacent to an activating group) is 1. The third kappa shape index (κ3) is 2.20. The quantitative estimate of drug-likeness (QED) is 0.883. The van der Waals surface area contributed by atoms with Crippen LogP contribution in [0.3, 0.4) is 0 Å². The van der Waals surface area contributed by atoms with Crippen LogP contribution in [0.2, 0.25) is 0 Å². The van der Waals surface area contributed by atoms with Gasteiger partial charge in [0.05, 0.1) is 12.1 Å². The predicted octanol–water partition coefficient (Wildman–Crippen LogP) is 0.972. The summed E-state index contributed by atoms with van der Waals surface area (Å²) in [7, 11) is 1.83. The molecule has 20 heavy (non-hydrogen) atoms. The molecule has 1 amide bonds. The Morgan fingerprint density at radius 1 is 1.30 bits per heavy atom. The Labute approximate surface area is 118 Å². The Hall–Kier alpha value is -2.14. The number of para-hydroxylation sites is 1. The van der Waals surface area contributed by atoms with Gasteiger partial charge >= 0.3 is 0 Å². The molecule has 2 N–H and O–H groups in total. The van der Waals surface area contributed by atoms with Crippen LogP contribution >= 0.6 is 0 Å². The molecule has 0 atom stereocenters. The molecule has 1 aliphatic rings. The zero-order chi connectivity index (χ0) is 14.1. The van der Waals surface area contributed by atoms with E-state index in [2.05, 4.69) is 4.98 Å². The summed E-state index contributed by atoms with van der Waals surface area (Å²) in [6, 6.07) is 9.97. The summed E-state index contributed by atoms with van der Waals surface area (Å²) in [6.45, 7) is 2.38. The molecule has 1 aliphatic heterocycles. The Morgan fingerprint density at radius 3 is 2.85 bits per heavy atom. The summed E-state index contributed by atoms with van der Waals surface area (Å²) in [4.78, 5) is 20.3. The summed E-state index contributed by atoms with van der Waals surface area (Å²) in [5.74, 6) is 0.964. The minimum atomic E-state index is 0.125. The van der Waals surface area contributed by atoms with Gasteiger partial charge in [-0.3, -0.25) is 4.79 Å². The average molecular weight is 270 g/mol. The summed E-state index contributed by atoms with van der Waals surface area (Å²) in [5.41, 5.74) is 7.84. The van der Waals surface area contributed by atoms with Crippen molar-refractivity contribution in [1.82, 2.24) is 9.88 Å². The van der Waals surface area contributed by atoms with Crippen molar-refractivity contribution in [3.05, 3.63) is 35.9 Å². The van der Waals surface area contributed by atoms with Gasteiger partial charge in [-0.05, 0) is 17.7 Å². The molecule has 0 bridgehead atoms. The number of anilines is 1. The summed E-state index contributed by atoms with van der Waals surface area (Å²) in [5, 5.41) is 1.08. The number of amides is 1. The zero-order valence-corrected chi connectivity index (χ0v) is 11.5. The van der Waals surface area contributed by atoms with Gasteiger partial charge < -0.3 is 15.5 Å². The number of nitrogens with two attached hydrogens (primary N) is 1. The Morgan fingerprint density at radius 2 is 2.10 bits per heavy atom. The van der Waals surface area contributed by atoms with Crippen molar-refractivity contribution >= 4 is 22.6 Å². The number of benzene rings is 1. The van der Waals surface area contributed by atoms with Crippen molar-refractivity contribution in [2.45, 2.75) is 6.54 Å². The van der Waals surface area contributed by atoms with E-state index in [9.17, 15) is 4.79 Å². The maximum absolute atomic E-state index is 11.8. The predicted molar refractivity (Wildman–Crippen MR) is 79.5 cm³/mol. The fraction of sp³-hybridized carbons (Fsp3) is 0.333. The van der Waals surface area contributed by atoms with Crippen LogP contribution in [0.5, 0.6) is 0 Å². The molecule has 0 radical (unpaired) electrons. The van der Waals surface area contributed by atoms with E-state index < -0.39 is 0 Å². The molecule has 5 heteroatoms. The summed E-state index contributed by atoms with van der Waals surface area (Å²) < 4.78 is 0. The maximum atomic E-state index is 11.8. The summed E-state index contributed by atoms with van der Waals surface area (Å²) >= 11 is 0. The first-order valence-electron chi connectivity index (χ1n) is 6.76. The van der Waals surface area contributed by atoms with Crippen LogP contribution in [0.15, 0.2) is 30.3 Å². The van der Waals surface area contributed by atoms with E-state index in [1.165, 1.54) is 0 Å². The van der Waals surface area contributed by atoms with Gasteiger partial charge in [0.1, 0.15) is 5.82 Å². The van der Waals surface area contributed by atoms with E-state index in [0.717, 1.165) is 35.4 Å². The lowest BCUT2D eigenvalue weighted by Gasteiger charge is -2.33. The van der Waals surface area contributed by atoms with Crippen molar-refractivity contribution in [1.29, 1.82) is 0 Å². The molecule has 2 heterocycles. The SMILES string of the molecule is CN1CCN(c2cc(CN)c3ccccc3n2)CC1=O. The van der Waals surface area contributed by atoms with E-state index >= 15 is 0 Å². The second-order valence-corrected chi connectivity index (χ2v) is 5.10. The average Bonchev–Trinajstić information content (AvgIpc) is 2.49. The second kappa shape index (κ2) is 5.09. The van der Waals surface area contributed by atoms with Crippen LogP contribution in [-0.2, 0) is 11.3 Å². The molecule has 3 rings (SSSR count). The van der Waals surface area contributed by atoms with Crippen molar-refractivity contribution in [3.63, 3.8) is 0 Å². The molecule has 0 spiro atoms. The van der Waals surface area contributed by atoms with Gasteiger partial charge in [-0.15, -0.1) is 0 Å². The number of rotatable bonds is 2. The van der Waals surface area contributed by atoms with Gasteiger partial charge in [-0.25, -0.2) is 4.98 Å². The van der Waals surface area contributed by atoms with Gasteiger partial charge in [0, 0.05) is 32.1 Å². The van der Waals surface area contributed by atoms with E-state index in [1.54, 1.807) is 4.90 Å². The Balaban J connectivity index is 2.02. The third-order valence-corrected chi connectivity index (χ3v) is 3.79. The normalized spacial score (nSPS) is 16.0. The smallest absolute Gasteiger partial charge is 0.241 e. The number of hydrogen-bond donors (Lipinski definition) is 1. The molecule has 1 fully saturated rings. The highest BCUT2D eigenvalue weighted by Crippen LogP contribution is 2.23. The van der Waals surface area contributed by atoms with Crippen LogP contribution < -0.4 is 10.6 Å². The minimum absolute atomic E-state index is 0.125. The minimum Gasteiger partial charge on any atom is -0.345 e. The van der Waals surface area contributed by atoms with Crippen LogP contribution in [0.1, 0.15) is 5.56 Å². The van der Waals surface area contributed by atoms with Crippen molar-refractivity contribution in [2.75, 3.05) is 31.6 Å². The molecule has 1 aromatic heterocycles. The number of pyridine rings is 1. The number of piperazine rings is 1. The molecule has 0 saturated carbocycles. The van der Waals surface area contributed by atoms with E-state index in [1.807, 2.05) is 42.3 Å². The fourth-order valence-corrected chi connectivity index (χ4v) is 2.52. The monoisotopic (exact) mass is 270 g/mol. The standard InChI is InChI=1S/C15H18N4O/c1-18-6-7-19(10-15(18)20)14-8-11(9-16)12-4-2-3-5-13(12)17-14/h2-5,8H,6-7,9-10,16H2,1H3. The molecule has 0 unspecified atom stereocenters. The number of fused-ring (bicyclic) bond motifs is 1. The highest BCUT2D eigenvalue weighted by Gasteiger charge is 2.22. The Bertz CT molecular complexity index is 655. The topological polar surface area (TPSA) is 62.5 Å². The highest BCUT2D eigenvalue weighted by molar-refractivity contribution is 5.86. The van der Waals surface area contributed by atoms with Gasteiger partial charge in [-0.1, -0.05) is 18.2 Å². The molecular formula is C15H18N4O. The molecular weight excluding hydrogens is 252 g/mol. The number of carbonyl (C=O) groups is 1. The van der Waals surface area contributed by atoms with Gasteiger partial charge in [0.2, 0.25) is 5.91 Å². The zero-order valence-electron chi connectivity index (χ0n) is 11.5. The largest absolute Gasteiger partial charge is 0.345 e. The van der Waals surface area contributed by atoms with Gasteiger partial charge in [0.25, 0.3) is 0 Å². The van der Waals surface area contributed by atoms with Crippen molar-refractivity contribution in [2.24, 2.45) is 5.73 Å². The number of aromatic nitrogens is 1. The third-order valence-electron chi connectivity index (χ3n) is 3.79. The maximum Gasteiger partial charge on any atom is 0.241 e. The fourth-order valence-electron chi connectivity index (χ4n) is 2.52. The first kappa shape index (κ1) is 12.9. The lowest BCUT2D eigenvalue weighted by atomic mass is 10.1. The van der Waals surface area contributed by atoms with Crippen molar-refractivity contribution in [3.8, 4) is 0 Å². The molecule has 1 saturated heterocycles. The molecule has 2 aromatic rings. The van der Waals surface area contributed by atoms with Crippen molar-refractivity contribution < 1.29 is 4.79 Å². The second-order valence-electron chi connectivity index (χ2n) is 5.10. The number of nitrogens with zero attached hydrogens (tertiary/aromatic N) is 3. The van der Waals surface area contributed by atoms with Crippen LogP contribution in [-0.4, -0.2) is 42.5 Å². The first-order valence-corrected chi connectivity index (χ1v) is 6.76. The lowest BCUT2D eigenvalue weighted by Crippen LogP contribution is -2.48. The molecule has 1 aromatic carbocycles. The number of carbonyl (C=O) groups excluding carboxylic acids is 1. The Kier molecular flexibility index (Phi) is 3.28. The van der Waals surface area contributed by atoms with Gasteiger partial charge in [-0.2, -0.15) is 0 Å².